The molecule has 7 nitrogen and oxygen atoms in total. The van der Waals surface area contributed by atoms with Crippen molar-refractivity contribution in [3.05, 3.63) is 46.0 Å². The minimum absolute atomic E-state index is 0.0101. The van der Waals surface area contributed by atoms with Gasteiger partial charge in [-0.1, -0.05) is 5.21 Å². The Labute approximate surface area is 93.6 Å². The van der Waals surface area contributed by atoms with Gasteiger partial charge in [-0.25, -0.2) is 9.07 Å². The zero-order valence-corrected chi connectivity index (χ0v) is 8.28. The molecule has 0 amide bonds. The molecule has 1 aromatic heterocycles. The fourth-order valence-corrected chi connectivity index (χ4v) is 1.24. The van der Waals surface area contributed by atoms with Crippen LogP contribution in [0.1, 0.15) is 10.5 Å². The van der Waals surface area contributed by atoms with Gasteiger partial charge in [0.1, 0.15) is 17.2 Å². The lowest BCUT2D eigenvalue weighted by atomic mass is 10.2. The third kappa shape index (κ3) is 2.00. The number of nitro groups is 1. The summed E-state index contributed by atoms with van der Waals surface area (Å²) in [6.45, 7) is 0. The summed E-state index contributed by atoms with van der Waals surface area (Å²) >= 11 is 0. The largest absolute Gasteiger partial charge is 0.296 e. The molecule has 8 heteroatoms. The third-order valence-electron chi connectivity index (χ3n) is 2.02. The Morgan fingerprint density at radius 3 is 2.82 bits per heavy atom. The smallest absolute Gasteiger partial charge is 0.271 e. The number of benzene rings is 1. The van der Waals surface area contributed by atoms with Crippen LogP contribution in [-0.2, 0) is 0 Å². The summed E-state index contributed by atoms with van der Waals surface area (Å²) in [5.74, 6) is -0.696. The van der Waals surface area contributed by atoms with E-state index in [0.29, 0.717) is 6.29 Å². The quantitative estimate of drug-likeness (QED) is 0.452. The maximum atomic E-state index is 13.4. The first kappa shape index (κ1) is 10.9. The lowest BCUT2D eigenvalue weighted by Gasteiger charge is -2.01. The maximum Gasteiger partial charge on any atom is 0.271 e. The van der Waals surface area contributed by atoms with Crippen LogP contribution in [0.2, 0.25) is 0 Å². The van der Waals surface area contributed by atoms with E-state index in [0.717, 1.165) is 22.9 Å². The summed E-state index contributed by atoms with van der Waals surface area (Å²) in [5, 5.41) is 17.5. The number of nitro benzene ring substituents is 1. The summed E-state index contributed by atoms with van der Waals surface area (Å²) in [4.78, 5) is 20.3. The monoisotopic (exact) mass is 236 g/mol. The van der Waals surface area contributed by atoms with Gasteiger partial charge in [0, 0.05) is 12.1 Å². The Bertz CT molecular complexity index is 596. The van der Waals surface area contributed by atoms with Crippen LogP contribution >= 0.6 is 0 Å². The van der Waals surface area contributed by atoms with Crippen LogP contribution in [0.15, 0.2) is 24.4 Å². The topological polar surface area (TPSA) is 90.9 Å². The van der Waals surface area contributed by atoms with Gasteiger partial charge in [-0.15, -0.1) is 5.10 Å². The normalized spacial score (nSPS) is 10.2. The number of carbonyl (C=O) groups is 1. The Hall–Kier alpha value is -2.64. The first-order valence-corrected chi connectivity index (χ1v) is 4.43. The molecule has 0 saturated heterocycles. The Balaban J connectivity index is 2.53. The molecule has 0 spiro atoms. The fourth-order valence-electron chi connectivity index (χ4n) is 1.24. The molecule has 0 bridgehead atoms. The van der Waals surface area contributed by atoms with Crippen LogP contribution < -0.4 is 0 Å². The molecule has 0 aliphatic rings. The summed E-state index contributed by atoms with van der Waals surface area (Å²) in [5.41, 5.74) is -0.403. The summed E-state index contributed by atoms with van der Waals surface area (Å²) in [7, 11) is 0. The van der Waals surface area contributed by atoms with E-state index in [-0.39, 0.29) is 17.1 Å². The molecule has 17 heavy (non-hydrogen) atoms. The molecular weight excluding hydrogens is 231 g/mol. The number of hydrogen-bond donors (Lipinski definition) is 0. The van der Waals surface area contributed by atoms with E-state index in [1.54, 1.807) is 0 Å². The van der Waals surface area contributed by atoms with Gasteiger partial charge in [-0.2, -0.15) is 0 Å². The maximum absolute atomic E-state index is 13.4. The SMILES string of the molecule is O=Cc1cn(-c2cc([N+](=O)[O-])ccc2F)nn1. The van der Waals surface area contributed by atoms with Crippen molar-refractivity contribution in [3.8, 4) is 5.69 Å². The number of halogens is 1. The Morgan fingerprint density at radius 2 is 2.24 bits per heavy atom. The number of aromatic nitrogens is 3. The van der Waals surface area contributed by atoms with Crippen LogP contribution in [0.4, 0.5) is 10.1 Å². The molecule has 2 aromatic rings. The van der Waals surface area contributed by atoms with Gasteiger partial charge in [0.2, 0.25) is 0 Å². The molecule has 0 unspecified atom stereocenters. The molecule has 2 rings (SSSR count). The zero-order chi connectivity index (χ0) is 12.4. The highest BCUT2D eigenvalue weighted by Crippen LogP contribution is 2.19. The van der Waals surface area contributed by atoms with E-state index in [1.165, 1.54) is 6.20 Å². The number of nitrogens with zero attached hydrogens (tertiary/aromatic N) is 4. The van der Waals surface area contributed by atoms with E-state index in [2.05, 4.69) is 10.3 Å². The standard InChI is InChI=1S/C9H5FN4O3/c10-8-2-1-7(14(16)17)3-9(8)13-4-6(5-15)11-12-13/h1-5H. The van der Waals surface area contributed by atoms with E-state index in [1.807, 2.05) is 0 Å². The second-order valence-corrected chi connectivity index (χ2v) is 3.10. The van der Waals surface area contributed by atoms with E-state index < -0.39 is 10.7 Å². The molecule has 86 valence electrons. The first-order chi connectivity index (χ1) is 8.11. The highest BCUT2D eigenvalue weighted by atomic mass is 19.1. The molecular formula is C9H5FN4O3. The molecule has 1 aromatic carbocycles. The molecule has 0 fully saturated rings. The van der Waals surface area contributed by atoms with Gasteiger partial charge in [-0.3, -0.25) is 14.9 Å². The third-order valence-corrected chi connectivity index (χ3v) is 2.02. The van der Waals surface area contributed by atoms with Gasteiger partial charge in [0.25, 0.3) is 5.69 Å². The van der Waals surface area contributed by atoms with Gasteiger partial charge in [0.15, 0.2) is 6.29 Å². The molecule has 1 heterocycles. The number of non-ortho nitro benzene ring substituents is 1. The van der Waals surface area contributed by atoms with Gasteiger partial charge < -0.3 is 0 Å². The lowest BCUT2D eigenvalue weighted by molar-refractivity contribution is -0.384. The van der Waals surface area contributed by atoms with Crippen molar-refractivity contribution in [3.63, 3.8) is 0 Å². The van der Waals surface area contributed by atoms with Crippen molar-refractivity contribution >= 4 is 12.0 Å². The summed E-state index contributed by atoms with van der Waals surface area (Å²) < 4.78 is 14.4. The highest BCUT2D eigenvalue weighted by Gasteiger charge is 2.13. The first-order valence-electron chi connectivity index (χ1n) is 4.43. The van der Waals surface area contributed by atoms with E-state index in [9.17, 15) is 19.3 Å². The molecule has 0 aliphatic carbocycles. The van der Waals surface area contributed by atoms with Gasteiger partial charge >= 0.3 is 0 Å². The van der Waals surface area contributed by atoms with E-state index >= 15 is 0 Å². The predicted molar refractivity (Wildman–Crippen MR) is 53.4 cm³/mol. The van der Waals surface area contributed by atoms with Gasteiger partial charge in [0.05, 0.1) is 11.1 Å². The zero-order valence-electron chi connectivity index (χ0n) is 8.28. The molecule has 0 saturated carbocycles. The number of hydrogen-bond acceptors (Lipinski definition) is 5. The lowest BCUT2D eigenvalue weighted by Crippen LogP contribution is -2.00. The van der Waals surface area contributed by atoms with E-state index in [4.69, 9.17) is 0 Å². The number of carbonyl (C=O) groups excluding carboxylic acids is 1. The second-order valence-electron chi connectivity index (χ2n) is 3.10. The molecule has 0 N–H and O–H groups in total. The predicted octanol–water partition coefficient (Wildman–Crippen LogP) is 1.13. The Morgan fingerprint density at radius 1 is 1.47 bits per heavy atom. The van der Waals surface area contributed by atoms with Crippen molar-refractivity contribution < 1.29 is 14.1 Å². The van der Waals surface area contributed by atoms with Crippen LogP contribution in [0.25, 0.3) is 5.69 Å². The van der Waals surface area contributed by atoms with Crippen molar-refractivity contribution in [2.45, 2.75) is 0 Å². The minimum Gasteiger partial charge on any atom is -0.296 e. The molecule has 0 aliphatic heterocycles. The Kier molecular flexibility index (Phi) is 2.61. The highest BCUT2D eigenvalue weighted by molar-refractivity contribution is 5.70. The average Bonchev–Trinajstić information content (AvgIpc) is 2.77. The second kappa shape index (κ2) is 4.08. The fraction of sp³-hybridized carbons (Fsp3) is 0. The van der Waals surface area contributed by atoms with Crippen molar-refractivity contribution in [1.29, 1.82) is 0 Å². The van der Waals surface area contributed by atoms with Crippen LogP contribution in [-0.4, -0.2) is 26.2 Å². The number of aldehydes is 1. The van der Waals surface area contributed by atoms with Crippen LogP contribution in [0.3, 0.4) is 0 Å². The van der Waals surface area contributed by atoms with Crippen molar-refractivity contribution in [1.82, 2.24) is 15.0 Å². The van der Waals surface area contributed by atoms with Crippen LogP contribution in [0, 0.1) is 15.9 Å². The summed E-state index contributed by atoms with van der Waals surface area (Å²) in [6, 6.07) is 3.00. The van der Waals surface area contributed by atoms with Gasteiger partial charge in [-0.05, 0) is 6.07 Å². The summed E-state index contributed by atoms with van der Waals surface area (Å²) in [6.07, 6.45) is 1.62. The minimum atomic E-state index is -0.696. The molecule has 0 atom stereocenters. The van der Waals surface area contributed by atoms with Crippen molar-refractivity contribution in [2.24, 2.45) is 0 Å². The van der Waals surface area contributed by atoms with Crippen molar-refractivity contribution in [2.75, 3.05) is 0 Å². The molecule has 0 radical (unpaired) electrons. The number of rotatable bonds is 3. The average molecular weight is 236 g/mol. The van der Waals surface area contributed by atoms with Crippen LogP contribution in [0.5, 0.6) is 0 Å².